The van der Waals surface area contributed by atoms with Crippen molar-refractivity contribution in [3.63, 3.8) is 0 Å². The van der Waals surface area contributed by atoms with E-state index < -0.39 is 0 Å². The molecule has 2 aromatic carbocycles. The van der Waals surface area contributed by atoms with Crippen molar-refractivity contribution in [2.75, 3.05) is 34.0 Å². The van der Waals surface area contributed by atoms with E-state index in [-0.39, 0.29) is 6.67 Å². The lowest BCUT2D eigenvalue weighted by atomic mass is 9.98. The molecule has 1 aliphatic rings. The van der Waals surface area contributed by atoms with Crippen LogP contribution in [-0.4, -0.2) is 43.5 Å². The van der Waals surface area contributed by atoms with E-state index in [9.17, 15) is 4.39 Å². The molecule has 0 fully saturated rings. The summed E-state index contributed by atoms with van der Waals surface area (Å²) in [5.41, 5.74) is 5.25. The highest BCUT2D eigenvalue weighted by molar-refractivity contribution is 5.84. The molecule has 0 spiro atoms. The van der Waals surface area contributed by atoms with Crippen LogP contribution in [0.25, 0.3) is 10.9 Å². The Labute approximate surface area is 184 Å². The third-order valence-electron chi connectivity index (χ3n) is 6.37. The molecule has 0 bridgehead atoms. The number of aromatic nitrogens is 1. The SMILES string of the molecule is COc1cc2c(cc1OC)CN(CCCCn1cc(CCCF)c3ccccc31)CC2. The van der Waals surface area contributed by atoms with E-state index in [0.717, 1.165) is 63.4 Å². The predicted molar refractivity (Wildman–Crippen MR) is 124 cm³/mol. The summed E-state index contributed by atoms with van der Waals surface area (Å²) in [4.78, 5) is 2.54. The van der Waals surface area contributed by atoms with Crippen LogP contribution in [0.5, 0.6) is 11.5 Å². The van der Waals surface area contributed by atoms with Crippen molar-refractivity contribution in [1.82, 2.24) is 9.47 Å². The van der Waals surface area contributed by atoms with E-state index in [2.05, 4.69) is 52.1 Å². The first-order chi connectivity index (χ1) is 15.2. The number of benzene rings is 2. The van der Waals surface area contributed by atoms with E-state index in [1.54, 1.807) is 14.2 Å². The van der Waals surface area contributed by atoms with Crippen LogP contribution in [0.3, 0.4) is 0 Å². The van der Waals surface area contributed by atoms with E-state index in [1.807, 2.05) is 0 Å². The minimum Gasteiger partial charge on any atom is -0.493 e. The molecule has 166 valence electrons. The minimum atomic E-state index is -0.253. The Balaban J connectivity index is 1.33. The molecule has 4 nitrogen and oxygen atoms in total. The van der Waals surface area contributed by atoms with Gasteiger partial charge in [0.1, 0.15) is 0 Å². The molecule has 0 saturated heterocycles. The van der Waals surface area contributed by atoms with Crippen molar-refractivity contribution < 1.29 is 13.9 Å². The summed E-state index contributed by atoms with van der Waals surface area (Å²) in [6, 6.07) is 12.8. The highest BCUT2D eigenvalue weighted by atomic mass is 19.1. The fraction of sp³-hybridized carbons (Fsp3) is 0.462. The van der Waals surface area contributed by atoms with Gasteiger partial charge in [0.05, 0.1) is 20.9 Å². The van der Waals surface area contributed by atoms with Crippen molar-refractivity contribution in [2.45, 2.75) is 45.2 Å². The normalized spacial score (nSPS) is 14.0. The fourth-order valence-corrected chi connectivity index (χ4v) is 4.71. The van der Waals surface area contributed by atoms with E-state index in [0.29, 0.717) is 6.42 Å². The van der Waals surface area contributed by atoms with Crippen LogP contribution >= 0.6 is 0 Å². The Bertz CT molecular complexity index is 1010. The Morgan fingerprint density at radius 3 is 2.45 bits per heavy atom. The minimum absolute atomic E-state index is 0.253. The van der Waals surface area contributed by atoms with Gasteiger partial charge >= 0.3 is 0 Å². The summed E-state index contributed by atoms with van der Waals surface area (Å²) in [6.07, 6.45) is 6.99. The van der Waals surface area contributed by atoms with Crippen LogP contribution < -0.4 is 9.47 Å². The Morgan fingerprint density at radius 2 is 1.68 bits per heavy atom. The van der Waals surface area contributed by atoms with Crippen molar-refractivity contribution in [3.8, 4) is 11.5 Å². The smallest absolute Gasteiger partial charge is 0.161 e. The second-order valence-corrected chi connectivity index (χ2v) is 8.37. The first-order valence-electron chi connectivity index (χ1n) is 11.3. The average molecular weight is 425 g/mol. The second-order valence-electron chi connectivity index (χ2n) is 8.37. The molecule has 0 atom stereocenters. The van der Waals surface area contributed by atoms with Gasteiger partial charge in [0.15, 0.2) is 11.5 Å². The molecule has 0 saturated carbocycles. The molecule has 0 aliphatic carbocycles. The highest BCUT2D eigenvalue weighted by Crippen LogP contribution is 2.33. The number of nitrogens with zero attached hydrogens (tertiary/aromatic N) is 2. The zero-order valence-electron chi connectivity index (χ0n) is 18.7. The largest absolute Gasteiger partial charge is 0.493 e. The number of hydrogen-bond acceptors (Lipinski definition) is 3. The molecule has 4 rings (SSSR count). The van der Waals surface area contributed by atoms with Crippen LogP contribution in [0.2, 0.25) is 0 Å². The van der Waals surface area contributed by atoms with Crippen LogP contribution in [0.15, 0.2) is 42.6 Å². The lowest BCUT2D eigenvalue weighted by Crippen LogP contribution is -2.31. The molecule has 1 aromatic heterocycles. The summed E-state index contributed by atoms with van der Waals surface area (Å²) in [5.74, 6) is 1.63. The number of halogens is 1. The summed E-state index contributed by atoms with van der Waals surface area (Å²) >= 11 is 0. The van der Waals surface area contributed by atoms with Crippen molar-refractivity contribution in [2.24, 2.45) is 0 Å². The van der Waals surface area contributed by atoms with Gasteiger partial charge in [-0.15, -0.1) is 0 Å². The maximum Gasteiger partial charge on any atom is 0.161 e. The molecule has 2 heterocycles. The molecular formula is C26H33FN2O2. The number of hydrogen-bond donors (Lipinski definition) is 0. The van der Waals surface area contributed by atoms with Crippen molar-refractivity contribution in [3.05, 3.63) is 59.3 Å². The zero-order valence-corrected chi connectivity index (χ0v) is 18.7. The van der Waals surface area contributed by atoms with Gasteiger partial charge in [-0.3, -0.25) is 9.29 Å². The molecule has 5 heteroatoms. The van der Waals surface area contributed by atoms with Gasteiger partial charge in [-0.1, -0.05) is 18.2 Å². The van der Waals surface area contributed by atoms with E-state index in [1.165, 1.54) is 27.6 Å². The van der Waals surface area contributed by atoms with E-state index in [4.69, 9.17) is 9.47 Å². The number of unbranched alkanes of at least 4 members (excludes halogenated alkanes) is 1. The Morgan fingerprint density at radius 1 is 0.935 bits per heavy atom. The lowest BCUT2D eigenvalue weighted by molar-refractivity contribution is 0.246. The Hall–Kier alpha value is -2.53. The van der Waals surface area contributed by atoms with Crippen LogP contribution in [0.1, 0.15) is 36.0 Å². The van der Waals surface area contributed by atoms with Gasteiger partial charge in [-0.2, -0.15) is 0 Å². The Kier molecular flexibility index (Phi) is 7.13. The standard InChI is InChI=1S/C26H33FN2O2/c1-30-25-16-20-11-15-28(18-22(20)17-26(25)31-2)13-5-6-14-29-19-21(8-7-12-27)23-9-3-4-10-24(23)29/h3-4,9-10,16-17,19H,5-8,11-15,18H2,1-2H3. The van der Waals surface area contributed by atoms with Crippen LogP contribution in [-0.2, 0) is 25.9 Å². The van der Waals surface area contributed by atoms with Crippen molar-refractivity contribution in [1.29, 1.82) is 0 Å². The average Bonchev–Trinajstić information content (AvgIpc) is 3.17. The number of methoxy groups -OCH3 is 2. The van der Waals surface area contributed by atoms with Gasteiger partial charge in [-0.25, -0.2) is 0 Å². The van der Waals surface area contributed by atoms with Crippen molar-refractivity contribution >= 4 is 10.9 Å². The fourth-order valence-electron chi connectivity index (χ4n) is 4.71. The summed E-state index contributed by atoms with van der Waals surface area (Å²) in [7, 11) is 3.39. The number of rotatable bonds is 10. The topological polar surface area (TPSA) is 26.6 Å². The highest BCUT2D eigenvalue weighted by Gasteiger charge is 2.19. The molecular weight excluding hydrogens is 391 g/mol. The number of alkyl halides is 1. The first kappa shape index (κ1) is 21.7. The predicted octanol–water partition coefficient (Wildman–Crippen LogP) is 5.40. The van der Waals surface area contributed by atoms with E-state index >= 15 is 0 Å². The summed E-state index contributed by atoms with van der Waals surface area (Å²) in [5, 5.41) is 1.27. The lowest BCUT2D eigenvalue weighted by Gasteiger charge is -2.29. The molecule has 3 aromatic rings. The number of ether oxygens (including phenoxy) is 2. The van der Waals surface area contributed by atoms with Gasteiger partial charge in [0.2, 0.25) is 0 Å². The number of para-hydroxylation sites is 1. The van der Waals surface area contributed by atoms with Crippen LogP contribution in [0.4, 0.5) is 4.39 Å². The summed E-state index contributed by atoms with van der Waals surface area (Å²) < 4.78 is 25.9. The second kappa shape index (κ2) is 10.2. The maximum atomic E-state index is 12.7. The third-order valence-corrected chi connectivity index (χ3v) is 6.37. The first-order valence-corrected chi connectivity index (χ1v) is 11.3. The molecule has 0 N–H and O–H groups in total. The molecule has 0 unspecified atom stereocenters. The van der Waals surface area contributed by atoms with Gasteiger partial charge in [0, 0.05) is 36.7 Å². The van der Waals surface area contributed by atoms with Gasteiger partial charge < -0.3 is 14.0 Å². The maximum absolute atomic E-state index is 12.7. The molecule has 0 amide bonds. The number of fused-ring (bicyclic) bond motifs is 2. The molecule has 1 aliphatic heterocycles. The number of aryl methyl sites for hydroxylation is 2. The summed E-state index contributed by atoms with van der Waals surface area (Å²) in [6.45, 7) is 3.90. The molecule has 0 radical (unpaired) electrons. The molecule has 31 heavy (non-hydrogen) atoms. The quantitative estimate of drug-likeness (QED) is 0.408. The third kappa shape index (κ3) is 4.87. The monoisotopic (exact) mass is 424 g/mol. The zero-order chi connectivity index (χ0) is 21.6. The van der Waals surface area contributed by atoms with Gasteiger partial charge in [-0.05, 0) is 73.5 Å². The van der Waals surface area contributed by atoms with Gasteiger partial charge in [0.25, 0.3) is 0 Å². The van der Waals surface area contributed by atoms with Crippen LogP contribution in [0, 0.1) is 0 Å².